The molecule has 0 saturated carbocycles. The standard InChI is InChI=1S/C26H24ClN4P/c1-20-18-28-21(2)26-29-25(30-31(20)26)19-32(27,22-12-6-3-7-13-22,23-14-8-4-9-15-23)24-16-10-5-11-17-24/h3-18H,19H2,1-2H3. The van der Waals surface area contributed by atoms with E-state index in [1.54, 1.807) is 0 Å². The van der Waals surface area contributed by atoms with Crippen molar-refractivity contribution >= 4 is 38.8 Å². The molecule has 2 aromatic heterocycles. The summed E-state index contributed by atoms with van der Waals surface area (Å²) < 4.78 is 1.87. The molecule has 0 aliphatic heterocycles. The van der Waals surface area contributed by atoms with E-state index in [1.807, 2.05) is 42.8 Å². The number of benzene rings is 3. The minimum atomic E-state index is -3.47. The predicted molar refractivity (Wildman–Crippen MR) is 135 cm³/mol. The Morgan fingerprint density at radius 2 is 1.22 bits per heavy atom. The van der Waals surface area contributed by atoms with Gasteiger partial charge in [-0.05, 0) is 0 Å². The van der Waals surface area contributed by atoms with Gasteiger partial charge in [0.15, 0.2) is 0 Å². The fourth-order valence-corrected chi connectivity index (χ4v) is 10.2. The molecule has 0 saturated heterocycles. The molecule has 6 heteroatoms. The van der Waals surface area contributed by atoms with Gasteiger partial charge in [0.2, 0.25) is 0 Å². The van der Waals surface area contributed by atoms with Crippen molar-refractivity contribution in [3.8, 4) is 0 Å². The number of hydrogen-bond donors (Lipinski definition) is 0. The quantitative estimate of drug-likeness (QED) is 0.351. The van der Waals surface area contributed by atoms with Gasteiger partial charge in [-0.2, -0.15) is 0 Å². The van der Waals surface area contributed by atoms with Crippen molar-refractivity contribution in [1.29, 1.82) is 0 Å². The molecule has 3 aromatic carbocycles. The Hall–Kier alpha value is -3.07. The molecule has 0 fully saturated rings. The van der Waals surface area contributed by atoms with Crippen LogP contribution in [0.3, 0.4) is 0 Å². The second-order valence-electron chi connectivity index (χ2n) is 8.10. The van der Waals surface area contributed by atoms with E-state index in [-0.39, 0.29) is 0 Å². The second kappa shape index (κ2) is 7.81. The van der Waals surface area contributed by atoms with Gasteiger partial charge in [0, 0.05) is 0 Å². The molecule has 0 amide bonds. The van der Waals surface area contributed by atoms with Crippen LogP contribution in [0.25, 0.3) is 5.65 Å². The predicted octanol–water partition coefficient (Wildman–Crippen LogP) is 4.92. The first-order chi connectivity index (χ1) is 15.5. The molecule has 0 atom stereocenters. The van der Waals surface area contributed by atoms with E-state index in [1.165, 1.54) is 0 Å². The number of hydrogen-bond acceptors (Lipinski definition) is 3. The van der Waals surface area contributed by atoms with E-state index in [2.05, 4.69) is 77.8 Å². The van der Waals surface area contributed by atoms with Gasteiger partial charge in [-0.3, -0.25) is 0 Å². The van der Waals surface area contributed by atoms with Crippen LogP contribution in [0.1, 0.15) is 17.2 Å². The Bertz CT molecular complexity index is 1250. The molecular formula is C26H24ClN4P. The summed E-state index contributed by atoms with van der Waals surface area (Å²) >= 11 is 8.14. The normalized spacial score (nSPS) is 13.0. The molecule has 2 heterocycles. The number of aryl methyl sites for hydroxylation is 2. The first-order valence-electron chi connectivity index (χ1n) is 10.6. The SMILES string of the molecule is Cc1ncc(C)n2nc(CP(Cl)(c3ccccc3)(c3ccccc3)c3ccccc3)nc12. The van der Waals surface area contributed by atoms with Crippen LogP contribution in [0.15, 0.2) is 97.2 Å². The monoisotopic (exact) mass is 458 g/mol. The van der Waals surface area contributed by atoms with Gasteiger partial charge in [0.05, 0.1) is 0 Å². The van der Waals surface area contributed by atoms with E-state index in [0.29, 0.717) is 12.0 Å². The van der Waals surface area contributed by atoms with Gasteiger partial charge in [0.1, 0.15) is 0 Å². The Labute approximate surface area is 192 Å². The summed E-state index contributed by atoms with van der Waals surface area (Å²) in [6.07, 6.45) is 2.33. The molecular weight excluding hydrogens is 435 g/mol. The van der Waals surface area contributed by atoms with E-state index in [4.69, 9.17) is 21.3 Å². The first kappa shape index (κ1) is 20.8. The van der Waals surface area contributed by atoms with Crippen molar-refractivity contribution in [3.63, 3.8) is 0 Å². The van der Waals surface area contributed by atoms with Gasteiger partial charge < -0.3 is 0 Å². The molecule has 4 nitrogen and oxygen atoms in total. The van der Waals surface area contributed by atoms with Crippen LogP contribution in [0.4, 0.5) is 0 Å². The zero-order chi connectivity index (χ0) is 22.2. The summed E-state index contributed by atoms with van der Waals surface area (Å²) in [6, 6.07) is 31.2. The van der Waals surface area contributed by atoms with Crippen molar-refractivity contribution in [3.05, 3.63) is 114 Å². The van der Waals surface area contributed by atoms with Crippen LogP contribution < -0.4 is 15.9 Å². The third kappa shape index (κ3) is 3.14. The molecule has 32 heavy (non-hydrogen) atoms. The third-order valence-corrected chi connectivity index (χ3v) is 13.2. The summed E-state index contributed by atoms with van der Waals surface area (Å²) in [5, 5.41) is 8.19. The molecule has 0 spiro atoms. The number of aromatic nitrogens is 4. The summed E-state index contributed by atoms with van der Waals surface area (Å²) in [6.45, 7) is 3.95. The van der Waals surface area contributed by atoms with Gasteiger partial charge in [-0.15, -0.1) is 0 Å². The molecule has 5 aromatic rings. The van der Waals surface area contributed by atoms with Crippen molar-refractivity contribution in [2.24, 2.45) is 0 Å². The van der Waals surface area contributed by atoms with Crippen molar-refractivity contribution < 1.29 is 0 Å². The summed E-state index contributed by atoms with van der Waals surface area (Å²) in [5.41, 5.74) is 2.57. The molecule has 160 valence electrons. The van der Waals surface area contributed by atoms with Crippen molar-refractivity contribution in [2.75, 3.05) is 0 Å². The van der Waals surface area contributed by atoms with Gasteiger partial charge in [-0.25, -0.2) is 0 Å². The molecule has 0 bridgehead atoms. The van der Waals surface area contributed by atoms with E-state index < -0.39 is 5.96 Å². The van der Waals surface area contributed by atoms with Crippen molar-refractivity contribution in [1.82, 2.24) is 19.6 Å². The first-order valence-corrected chi connectivity index (χ1v) is 13.9. The molecule has 0 aliphatic carbocycles. The van der Waals surface area contributed by atoms with Crippen LogP contribution in [0.2, 0.25) is 0 Å². The minimum absolute atomic E-state index is 0.506. The zero-order valence-corrected chi connectivity index (χ0v) is 19.7. The number of halogens is 1. The van der Waals surface area contributed by atoms with E-state index in [9.17, 15) is 0 Å². The van der Waals surface area contributed by atoms with Gasteiger partial charge in [0.25, 0.3) is 0 Å². The molecule has 0 N–H and O–H groups in total. The molecule has 0 radical (unpaired) electrons. The van der Waals surface area contributed by atoms with Gasteiger partial charge in [-0.1, -0.05) is 0 Å². The maximum absolute atomic E-state index is 8.14. The fraction of sp³-hybridized carbons (Fsp3) is 0.115. The summed E-state index contributed by atoms with van der Waals surface area (Å²) in [4.78, 5) is 9.38. The van der Waals surface area contributed by atoms with Crippen LogP contribution in [0.5, 0.6) is 0 Å². The molecule has 0 unspecified atom stereocenters. The molecule has 5 rings (SSSR count). The number of fused-ring (bicyclic) bond motifs is 1. The number of nitrogens with zero attached hydrogens (tertiary/aromatic N) is 4. The average molecular weight is 459 g/mol. The van der Waals surface area contributed by atoms with Crippen LogP contribution in [-0.2, 0) is 6.16 Å². The van der Waals surface area contributed by atoms with E-state index >= 15 is 0 Å². The Morgan fingerprint density at radius 3 is 1.66 bits per heavy atom. The van der Waals surface area contributed by atoms with Crippen LogP contribution in [0, 0.1) is 13.8 Å². The number of rotatable bonds is 5. The Balaban J connectivity index is 1.85. The van der Waals surface area contributed by atoms with Crippen molar-refractivity contribution in [2.45, 2.75) is 20.0 Å². The Morgan fingerprint density at radius 1 is 0.750 bits per heavy atom. The summed E-state index contributed by atoms with van der Waals surface area (Å²) in [5.74, 6) is -2.75. The third-order valence-electron chi connectivity index (χ3n) is 6.08. The average Bonchev–Trinajstić information content (AvgIpc) is 3.28. The topological polar surface area (TPSA) is 43.1 Å². The van der Waals surface area contributed by atoms with E-state index in [0.717, 1.165) is 32.9 Å². The van der Waals surface area contributed by atoms with Crippen LogP contribution in [-0.4, -0.2) is 19.6 Å². The Kier molecular flexibility index (Phi) is 5.08. The zero-order valence-electron chi connectivity index (χ0n) is 18.1. The van der Waals surface area contributed by atoms with Crippen LogP contribution >= 0.6 is 17.2 Å². The fourth-order valence-electron chi connectivity index (χ4n) is 4.41. The summed E-state index contributed by atoms with van der Waals surface area (Å²) in [7, 11) is 0. The maximum atomic E-state index is 8.14. The second-order valence-corrected chi connectivity index (χ2v) is 14.6. The molecule has 0 aliphatic rings. The van der Waals surface area contributed by atoms with Gasteiger partial charge >= 0.3 is 193 Å².